The Morgan fingerprint density at radius 3 is 2.56 bits per heavy atom. The van der Waals surface area contributed by atoms with Crippen LogP contribution >= 0.6 is 0 Å². The van der Waals surface area contributed by atoms with Crippen molar-refractivity contribution >= 4 is 27.3 Å². The zero-order chi connectivity index (χ0) is 20.0. The molecule has 27 heavy (non-hydrogen) atoms. The summed E-state index contributed by atoms with van der Waals surface area (Å²) in [6.07, 6.45) is 1.73. The molecule has 2 aromatic rings. The number of amides is 1. The van der Waals surface area contributed by atoms with Gasteiger partial charge in [-0.2, -0.15) is 0 Å². The van der Waals surface area contributed by atoms with Crippen LogP contribution < -0.4 is 10.0 Å². The minimum absolute atomic E-state index is 0.106. The summed E-state index contributed by atoms with van der Waals surface area (Å²) in [6.45, 7) is 4.01. The van der Waals surface area contributed by atoms with Crippen LogP contribution in [0.25, 0.3) is 0 Å². The molecule has 2 aromatic carbocycles. The van der Waals surface area contributed by atoms with Crippen LogP contribution in [0.15, 0.2) is 47.4 Å². The molecule has 0 saturated heterocycles. The summed E-state index contributed by atoms with van der Waals surface area (Å²) in [5.74, 6) is -0.392. The first-order valence-corrected chi connectivity index (χ1v) is 9.89. The van der Waals surface area contributed by atoms with Gasteiger partial charge < -0.3 is 5.32 Å². The third kappa shape index (κ3) is 5.04. The summed E-state index contributed by atoms with van der Waals surface area (Å²) in [4.78, 5) is 22.5. The fourth-order valence-electron chi connectivity index (χ4n) is 2.40. The van der Waals surface area contributed by atoms with E-state index < -0.39 is 20.9 Å². The van der Waals surface area contributed by atoms with E-state index in [1.807, 2.05) is 6.92 Å². The minimum Gasteiger partial charge on any atom is -0.352 e. The minimum atomic E-state index is -4.10. The highest BCUT2D eigenvalue weighted by molar-refractivity contribution is 7.92. The molecule has 0 spiro atoms. The normalized spacial score (nSPS) is 11.0. The molecule has 0 fully saturated rings. The average molecular weight is 391 g/mol. The van der Waals surface area contributed by atoms with Crippen molar-refractivity contribution in [2.24, 2.45) is 0 Å². The lowest BCUT2D eigenvalue weighted by molar-refractivity contribution is -0.385. The van der Waals surface area contributed by atoms with E-state index in [2.05, 4.69) is 10.0 Å². The smallest absolute Gasteiger partial charge is 0.273 e. The maximum absolute atomic E-state index is 12.7. The van der Waals surface area contributed by atoms with Gasteiger partial charge in [0.1, 0.15) is 0 Å². The number of aryl methyl sites for hydroxylation is 1. The van der Waals surface area contributed by atoms with Crippen molar-refractivity contribution in [3.8, 4) is 0 Å². The predicted octanol–water partition coefficient (Wildman–Crippen LogP) is 3.23. The number of nitro groups is 1. The Morgan fingerprint density at radius 2 is 1.89 bits per heavy atom. The van der Waals surface area contributed by atoms with E-state index >= 15 is 0 Å². The molecule has 2 rings (SSSR count). The molecule has 0 saturated carbocycles. The lowest BCUT2D eigenvalue weighted by Gasteiger charge is -2.13. The molecule has 0 unspecified atom stereocenters. The van der Waals surface area contributed by atoms with E-state index in [9.17, 15) is 23.3 Å². The van der Waals surface area contributed by atoms with E-state index in [1.165, 1.54) is 31.2 Å². The second-order valence-electron chi connectivity index (χ2n) is 5.97. The monoisotopic (exact) mass is 391 g/mol. The van der Waals surface area contributed by atoms with Crippen LogP contribution in [-0.2, 0) is 10.0 Å². The molecule has 0 aliphatic rings. The van der Waals surface area contributed by atoms with Gasteiger partial charge in [-0.3, -0.25) is 19.6 Å². The molecular formula is C18H21N3O5S. The molecule has 0 bridgehead atoms. The van der Waals surface area contributed by atoms with Gasteiger partial charge in [0.15, 0.2) is 0 Å². The Morgan fingerprint density at radius 1 is 1.19 bits per heavy atom. The molecule has 144 valence electrons. The summed E-state index contributed by atoms with van der Waals surface area (Å²) in [5.41, 5.74) is 0.353. The van der Waals surface area contributed by atoms with E-state index in [4.69, 9.17) is 0 Å². The third-order valence-electron chi connectivity index (χ3n) is 3.92. The SMILES string of the molecule is CCCCNC(=O)c1ccccc1NS(=O)(=O)c1ccc(C)c([N+](=O)[O-])c1. The van der Waals surface area contributed by atoms with Crippen LogP contribution in [-0.4, -0.2) is 25.8 Å². The quantitative estimate of drug-likeness (QED) is 0.407. The number of nitrogens with one attached hydrogen (secondary N) is 2. The van der Waals surface area contributed by atoms with E-state index in [1.54, 1.807) is 12.1 Å². The van der Waals surface area contributed by atoms with Gasteiger partial charge in [0, 0.05) is 18.2 Å². The van der Waals surface area contributed by atoms with Gasteiger partial charge in [-0.15, -0.1) is 0 Å². The fourth-order valence-corrected chi connectivity index (χ4v) is 3.50. The van der Waals surface area contributed by atoms with Crippen LogP contribution in [0.5, 0.6) is 0 Å². The highest BCUT2D eigenvalue weighted by Crippen LogP contribution is 2.25. The van der Waals surface area contributed by atoms with Gasteiger partial charge in [0.2, 0.25) is 0 Å². The first-order chi connectivity index (χ1) is 12.8. The number of hydrogen-bond donors (Lipinski definition) is 2. The third-order valence-corrected chi connectivity index (χ3v) is 5.28. The molecule has 9 heteroatoms. The standard InChI is InChI=1S/C18H21N3O5S/c1-3-4-11-19-18(22)15-7-5-6-8-16(15)20-27(25,26)14-10-9-13(2)17(12-14)21(23)24/h5-10,12,20H,3-4,11H2,1-2H3,(H,19,22). The lowest BCUT2D eigenvalue weighted by Crippen LogP contribution is -2.26. The highest BCUT2D eigenvalue weighted by Gasteiger charge is 2.22. The Labute approximate surface area is 157 Å². The number of unbranched alkanes of at least 4 members (excludes halogenated alkanes) is 1. The van der Waals surface area contributed by atoms with E-state index in [0.717, 1.165) is 18.9 Å². The Balaban J connectivity index is 2.32. The van der Waals surface area contributed by atoms with E-state index in [-0.39, 0.29) is 21.8 Å². The number of carbonyl (C=O) groups excluding carboxylic acids is 1. The molecule has 0 aliphatic heterocycles. The zero-order valence-electron chi connectivity index (χ0n) is 15.1. The van der Waals surface area contributed by atoms with Gasteiger partial charge in [0.25, 0.3) is 21.6 Å². The first kappa shape index (κ1) is 20.4. The van der Waals surface area contributed by atoms with Crippen molar-refractivity contribution in [3.63, 3.8) is 0 Å². The number of nitrogens with zero attached hydrogens (tertiary/aromatic N) is 1. The van der Waals surface area contributed by atoms with Gasteiger partial charge >= 0.3 is 0 Å². The largest absolute Gasteiger partial charge is 0.352 e. The molecule has 0 aliphatic carbocycles. The Kier molecular flexibility index (Phi) is 6.51. The average Bonchev–Trinajstić information content (AvgIpc) is 2.62. The predicted molar refractivity (Wildman–Crippen MR) is 102 cm³/mol. The molecular weight excluding hydrogens is 370 g/mol. The number of hydrogen-bond acceptors (Lipinski definition) is 5. The number of para-hydroxylation sites is 1. The van der Waals surface area contributed by atoms with Gasteiger partial charge in [-0.25, -0.2) is 8.42 Å². The van der Waals surface area contributed by atoms with Crippen LogP contribution in [0.3, 0.4) is 0 Å². The van der Waals surface area contributed by atoms with E-state index in [0.29, 0.717) is 12.1 Å². The lowest BCUT2D eigenvalue weighted by atomic mass is 10.1. The number of carbonyl (C=O) groups is 1. The van der Waals surface area contributed by atoms with Crippen LogP contribution in [0.4, 0.5) is 11.4 Å². The Bertz CT molecular complexity index is 957. The number of nitro benzene ring substituents is 1. The molecule has 0 radical (unpaired) electrons. The van der Waals surface area contributed by atoms with Crippen LogP contribution in [0.1, 0.15) is 35.7 Å². The summed E-state index contributed by atoms with van der Waals surface area (Å²) >= 11 is 0. The second-order valence-corrected chi connectivity index (χ2v) is 7.65. The van der Waals surface area contributed by atoms with Crippen molar-refractivity contribution in [2.45, 2.75) is 31.6 Å². The second kappa shape index (κ2) is 8.63. The number of sulfonamides is 1. The van der Waals surface area contributed by atoms with Crippen molar-refractivity contribution in [2.75, 3.05) is 11.3 Å². The summed E-state index contributed by atoms with van der Waals surface area (Å²) in [5, 5.41) is 13.8. The van der Waals surface area contributed by atoms with Crippen molar-refractivity contribution in [1.82, 2.24) is 5.32 Å². The van der Waals surface area contributed by atoms with Gasteiger partial charge in [-0.1, -0.05) is 31.5 Å². The molecule has 0 aromatic heterocycles. The number of rotatable bonds is 8. The van der Waals surface area contributed by atoms with Gasteiger partial charge in [-0.05, 0) is 31.5 Å². The highest BCUT2D eigenvalue weighted by atomic mass is 32.2. The molecule has 0 heterocycles. The molecule has 8 nitrogen and oxygen atoms in total. The fraction of sp³-hybridized carbons (Fsp3) is 0.278. The molecule has 0 atom stereocenters. The first-order valence-electron chi connectivity index (χ1n) is 8.41. The van der Waals surface area contributed by atoms with Crippen molar-refractivity contribution < 1.29 is 18.1 Å². The number of anilines is 1. The maximum Gasteiger partial charge on any atom is 0.273 e. The van der Waals surface area contributed by atoms with Crippen LogP contribution in [0.2, 0.25) is 0 Å². The summed E-state index contributed by atoms with van der Waals surface area (Å²) < 4.78 is 27.7. The van der Waals surface area contributed by atoms with Gasteiger partial charge in [0.05, 0.1) is 21.1 Å². The van der Waals surface area contributed by atoms with Crippen molar-refractivity contribution in [1.29, 1.82) is 0 Å². The Hall–Kier alpha value is -2.94. The molecule has 2 N–H and O–H groups in total. The summed E-state index contributed by atoms with van der Waals surface area (Å²) in [7, 11) is -4.10. The number of benzene rings is 2. The maximum atomic E-state index is 12.7. The van der Waals surface area contributed by atoms with Crippen LogP contribution in [0, 0.1) is 17.0 Å². The molecule has 1 amide bonds. The zero-order valence-corrected chi connectivity index (χ0v) is 15.9. The van der Waals surface area contributed by atoms with Crippen molar-refractivity contribution in [3.05, 3.63) is 63.7 Å². The summed E-state index contributed by atoms with van der Waals surface area (Å²) in [6, 6.07) is 9.86. The topological polar surface area (TPSA) is 118 Å².